The molecule has 2 aromatic carbocycles. The summed E-state index contributed by atoms with van der Waals surface area (Å²) in [4.78, 5) is 30.3. The van der Waals surface area contributed by atoms with E-state index >= 15 is 0 Å². The molecule has 0 spiro atoms. The van der Waals surface area contributed by atoms with Crippen molar-refractivity contribution in [3.05, 3.63) is 92.1 Å². The number of hydrogen-bond acceptors (Lipinski definition) is 3. The predicted molar refractivity (Wildman–Crippen MR) is 111 cm³/mol. The third-order valence-corrected chi connectivity index (χ3v) is 4.95. The van der Waals surface area contributed by atoms with Crippen LogP contribution in [0.4, 0.5) is 0 Å². The Balaban J connectivity index is 1.86. The highest BCUT2D eigenvalue weighted by Gasteiger charge is 2.15. The van der Waals surface area contributed by atoms with Crippen molar-refractivity contribution in [3.63, 3.8) is 0 Å². The van der Waals surface area contributed by atoms with E-state index in [4.69, 9.17) is 23.2 Å². The molecule has 4 aromatic rings. The molecule has 0 unspecified atom stereocenters. The first-order valence-corrected chi connectivity index (χ1v) is 9.47. The first-order chi connectivity index (χ1) is 13.5. The summed E-state index contributed by atoms with van der Waals surface area (Å²) in [5.74, 6) is 0. The Labute approximate surface area is 170 Å². The van der Waals surface area contributed by atoms with Crippen LogP contribution in [0.25, 0.3) is 16.6 Å². The second-order valence-electron chi connectivity index (χ2n) is 6.37. The first kappa shape index (κ1) is 18.5. The molecule has 0 bridgehead atoms. The molecule has 0 fully saturated rings. The van der Waals surface area contributed by atoms with Crippen LogP contribution in [0.3, 0.4) is 0 Å². The fourth-order valence-corrected chi connectivity index (χ4v) is 3.78. The van der Waals surface area contributed by atoms with Gasteiger partial charge in [0.15, 0.2) is 0 Å². The lowest BCUT2D eigenvalue weighted by Gasteiger charge is -2.14. The second-order valence-corrected chi connectivity index (χ2v) is 7.25. The largest absolute Gasteiger partial charge is 0.337 e. The molecule has 0 atom stereocenters. The van der Waals surface area contributed by atoms with Crippen LogP contribution in [0.2, 0.25) is 10.0 Å². The number of benzene rings is 2. The van der Waals surface area contributed by atoms with Crippen LogP contribution in [0.15, 0.2) is 70.8 Å². The molecule has 0 aliphatic rings. The maximum absolute atomic E-state index is 13.2. The van der Waals surface area contributed by atoms with E-state index in [2.05, 4.69) is 4.98 Å². The van der Waals surface area contributed by atoms with Crippen molar-refractivity contribution >= 4 is 34.1 Å². The highest BCUT2D eigenvalue weighted by atomic mass is 35.5. The Morgan fingerprint density at radius 3 is 2.43 bits per heavy atom. The highest BCUT2D eigenvalue weighted by molar-refractivity contribution is 6.34. The van der Waals surface area contributed by atoms with Crippen molar-refractivity contribution in [2.75, 3.05) is 0 Å². The number of imidazole rings is 1. The third kappa shape index (κ3) is 3.48. The SMILES string of the molecule is O=c1c2ccccc2n(CCCn2ccnc2)c(=O)n1-c1cc(Cl)cc(Cl)c1. The van der Waals surface area contributed by atoms with Crippen molar-refractivity contribution in [1.29, 1.82) is 0 Å². The minimum Gasteiger partial charge on any atom is -0.337 e. The molecule has 0 N–H and O–H groups in total. The molecule has 0 saturated heterocycles. The number of aryl methyl sites for hydroxylation is 2. The Bertz CT molecular complexity index is 1240. The van der Waals surface area contributed by atoms with Crippen LogP contribution in [0.5, 0.6) is 0 Å². The molecule has 0 saturated carbocycles. The Morgan fingerprint density at radius 1 is 0.964 bits per heavy atom. The average molecular weight is 415 g/mol. The zero-order valence-corrected chi connectivity index (χ0v) is 16.3. The summed E-state index contributed by atoms with van der Waals surface area (Å²) in [6, 6.07) is 11.8. The van der Waals surface area contributed by atoms with Gasteiger partial charge in [-0.05, 0) is 36.8 Å². The number of nitrogens with zero attached hydrogens (tertiary/aromatic N) is 4. The van der Waals surface area contributed by atoms with Gasteiger partial charge in [0.2, 0.25) is 0 Å². The van der Waals surface area contributed by atoms with E-state index in [1.807, 2.05) is 16.8 Å². The zero-order chi connectivity index (χ0) is 19.7. The summed E-state index contributed by atoms with van der Waals surface area (Å²) < 4.78 is 4.68. The Hall–Kier alpha value is -2.83. The summed E-state index contributed by atoms with van der Waals surface area (Å²) >= 11 is 12.2. The van der Waals surface area contributed by atoms with Gasteiger partial charge in [0, 0.05) is 35.5 Å². The molecule has 0 aliphatic carbocycles. The maximum Gasteiger partial charge on any atom is 0.336 e. The summed E-state index contributed by atoms with van der Waals surface area (Å²) in [7, 11) is 0. The van der Waals surface area contributed by atoms with Crippen LogP contribution in [-0.2, 0) is 13.1 Å². The van der Waals surface area contributed by atoms with E-state index < -0.39 is 11.2 Å². The van der Waals surface area contributed by atoms with E-state index in [-0.39, 0.29) is 0 Å². The van der Waals surface area contributed by atoms with E-state index in [1.54, 1.807) is 53.5 Å². The third-order valence-electron chi connectivity index (χ3n) is 4.51. The van der Waals surface area contributed by atoms with Gasteiger partial charge in [-0.1, -0.05) is 35.3 Å². The minimum atomic E-state index is -0.423. The fraction of sp³-hybridized carbons (Fsp3) is 0.150. The lowest BCUT2D eigenvalue weighted by molar-refractivity contribution is 0.549. The topological polar surface area (TPSA) is 61.8 Å². The van der Waals surface area contributed by atoms with Gasteiger partial charge >= 0.3 is 5.69 Å². The predicted octanol–water partition coefficient (Wildman–Crippen LogP) is 3.75. The van der Waals surface area contributed by atoms with Crippen molar-refractivity contribution in [2.24, 2.45) is 0 Å². The van der Waals surface area contributed by atoms with E-state index in [0.717, 1.165) is 4.57 Å². The minimum absolute atomic E-state index is 0.349. The van der Waals surface area contributed by atoms with Crippen molar-refractivity contribution in [3.8, 4) is 5.69 Å². The molecule has 2 aromatic heterocycles. The molecule has 28 heavy (non-hydrogen) atoms. The molecule has 142 valence electrons. The normalized spacial score (nSPS) is 11.2. The Morgan fingerprint density at radius 2 is 1.71 bits per heavy atom. The molecule has 0 radical (unpaired) electrons. The molecule has 0 amide bonds. The first-order valence-electron chi connectivity index (χ1n) is 8.71. The summed E-state index contributed by atoms with van der Waals surface area (Å²) in [5, 5.41) is 1.17. The number of fused-ring (bicyclic) bond motifs is 1. The van der Waals surface area contributed by atoms with Crippen molar-refractivity contribution < 1.29 is 0 Å². The summed E-state index contributed by atoms with van der Waals surface area (Å²) in [6.45, 7) is 1.16. The van der Waals surface area contributed by atoms with Crippen LogP contribution in [0, 0.1) is 0 Å². The van der Waals surface area contributed by atoms with Crippen LogP contribution >= 0.6 is 23.2 Å². The zero-order valence-electron chi connectivity index (χ0n) is 14.8. The highest BCUT2D eigenvalue weighted by Crippen LogP contribution is 2.21. The number of hydrogen-bond donors (Lipinski definition) is 0. The van der Waals surface area contributed by atoms with Gasteiger partial charge in [0.1, 0.15) is 0 Å². The van der Waals surface area contributed by atoms with Crippen LogP contribution < -0.4 is 11.2 Å². The van der Waals surface area contributed by atoms with Crippen LogP contribution in [-0.4, -0.2) is 18.7 Å². The van der Waals surface area contributed by atoms with Gasteiger partial charge in [-0.15, -0.1) is 0 Å². The monoisotopic (exact) mass is 414 g/mol. The van der Waals surface area contributed by atoms with Crippen molar-refractivity contribution in [2.45, 2.75) is 19.5 Å². The maximum atomic E-state index is 13.2. The standard InChI is InChI=1S/C20H16Cl2N4O2/c21-14-10-15(22)12-16(11-14)26-19(27)17-4-1-2-5-18(17)25(20(26)28)8-3-7-24-9-6-23-13-24/h1-2,4-6,9-13H,3,7-8H2. The molecule has 8 heteroatoms. The van der Waals surface area contributed by atoms with Gasteiger partial charge in [-0.2, -0.15) is 0 Å². The second kappa shape index (κ2) is 7.66. The molecule has 0 aliphatic heterocycles. The summed E-state index contributed by atoms with van der Waals surface area (Å²) in [5.41, 5.74) is 0.131. The number of aromatic nitrogens is 4. The molecular formula is C20H16Cl2N4O2. The van der Waals surface area contributed by atoms with Crippen molar-refractivity contribution in [1.82, 2.24) is 18.7 Å². The van der Waals surface area contributed by atoms with E-state index in [9.17, 15) is 9.59 Å². The number of para-hydroxylation sites is 1. The smallest absolute Gasteiger partial charge is 0.336 e. The number of halogens is 2. The van der Waals surface area contributed by atoms with Crippen LogP contribution in [0.1, 0.15) is 6.42 Å². The van der Waals surface area contributed by atoms with Gasteiger partial charge in [0.25, 0.3) is 5.56 Å². The van der Waals surface area contributed by atoms with E-state index in [1.165, 1.54) is 0 Å². The van der Waals surface area contributed by atoms with Gasteiger partial charge < -0.3 is 4.57 Å². The molecule has 6 nitrogen and oxygen atoms in total. The van der Waals surface area contributed by atoms with Gasteiger partial charge in [-0.3, -0.25) is 9.36 Å². The number of rotatable bonds is 5. The average Bonchev–Trinajstić information content (AvgIpc) is 3.17. The fourth-order valence-electron chi connectivity index (χ4n) is 3.26. The van der Waals surface area contributed by atoms with Gasteiger partial charge in [-0.25, -0.2) is 14.3 Å². The quantitative estimate of drug-likeness (QED) is 0.499. The van der Waals surface area contributed by atoms with E-state index in [0.29, 0.717) is 46.1 Å². The lowest BCUT2D eigenvalue weighted by atomic mass is 10.2. The Kier molecular flexibility index (Phi) is 5.07. The van der Waals surface area contributed by atoms with Gasteiger partial charge in [0.05, 0.1) is 22.9 Å². The summed E-state index contributed by atoms with van der Waals surface area (Å²) in [6.07, 6.45) is 6.02. The molecule has 4 rings (SSSR count). The lowest BCUT2D eigenvalue weighted by Crippen LogP contribution is -2.39. The molecule has 2 heterocycles. The molecular weight excluding hydrogens is 399 g/mol.